The van der Waals surface area contributed by atoms with Crippen LogP contribution in [-0.2, 0) is 4.79 Å². The maximum Gasteiger partial charge on any atom is 0.311 e. The fraction of sp³-hybridized carbons (Fsp3) is 0.250. The van der Waals surface area contributed by atoms with Crippen LogP contribution in [0.4, 0.5) is 17.2 Å². The zero-order valence-corrected chi connectivity index (χ0v) is 18.2. The Labute approximate surface area is 187 Å². The van der Waals surface area contributed by atoms with E-state index in [2.05, 4.69) is 20.6 Å². The standard InChI is InChI=1S/C20H20ClN5O6/c1-11(27)22-4-5-32-19-8-14-12(6-16(19)26(28)29)20(24-10-23-14)25-15-9-17(30-2)13(21)7-18(15)31-3/h6-10H,4-5H2,1-3H3,(H,22,27)(H,23,24,25). The van der Waals surface area contributed by atoms with Crippen molar-refractivity contribution < 1.29 is 23.9 Å². The van der Waals surface area contributed by atoms with Gasteiger partial charge in [-0.15, -0.1) is 0 Å². The first-order valence-corrected chi connectivity index (χ1v) is 9.70. The first-order valence-electron chi connectivity index (χ1n) is 9.33. The van der Waals surface area contributed by atoms with Gasteiger partial charge >= 0.3 is 5.69 Å². The van der Waals surface area contributed by atoms with Crippen molar-refractivity contribution in [3.05, 3.63) is 45.7 Å². The average Bonchev–Trinajstić information content (AvgIpc) is 2.76. The fourth-order valence-electron chi connectivity index (χ4n) is 2.90. The van der Waals surface area contributed by atoms with Crippen molar-refractivity contribution in [3.63, 3.8) is 0 Å². The van der Waals surface area contributed by atoms with Crippen molar-refractivity contribution in [3.8, 4) is 17.2 Å². The van der Waals surface area contributed by atoms with Crippen LogP contribution >= 0.6 is 11.6 Å². The van der Waals surface area contributed by atoms with Gasteiger partial charge < -0.3 is 24.8 Å². The van der Waals surface area contributed by atoms with Crippen LogP contribution in [0.1, 0.15) is 6.92 Å². The van der Waals surface area contributed by atoms with Gasteiger partial charge in [0, 0.05) is 31.2 Å². The van der Waals surface area contributed by atoms with Crippen LogP contribution in [0.3, 0.4) is 0 Å². The highest BCUT2D eigenvalue weighted by molar-refractivity contribution is 6.32. The fourth-order valence-corrected chi connectivity index (χ4v) is 3.13. The van der Waals surface area contributed by atoms with E-state index in [9.17, 15) is 14.9 Å². The van der Waals surface area contributed by atoms with E-state index in [1.54, 1.807) is 12.1 Å². The van der Waals surface area contributed by atoms with Crippen molar-refractivity contribution in [2.75, 3.05) is 32.7 Å². The van der Waals surface area contributed by atoms with Crippen LogP contribution in [0.25, 0.3) is 10.9 Å². The van der Waals surface area contributed by atoms with E-state index in [-0.39, 0.29) is 30.5 Å². The number of rotatable bonds is 9. The summed E-state index contributed by atoms with van der Waals surface area (Å²) in [4.78, 5) is 30.5. The lowest BCUT2D eigenvalue weighted by atomic mass is 10.2. The second-order valence-corrected chi connectivity index (χ2v) is 6.87. The molecule has 3 aromatic rings. The largest absolute Gasteiger partial charge is 0.495 e. The lowest BCUT2D eigenvalue weighted by Gasteiger charge is -2.15. The number of amides is 1. The summed E-state index contributed by atoms with van der Waals surface area (Å²) in [5.41, 5.74) is 0.647. The summed E-state index contributed by atoms with van der Waals surface area (Å²) in [5, 5.41) is 18.0. The van der Waals surface area contributed by atoms with Gasteiger partial charge in [0.15, 0.2) is 5.75 Å². The lowest BCUT2D eigenvalue weighted by molar-refractivity contribution is -0.385. The third-order valence-electron chi connectivity index (χ3n) is 4.37. The summed E-state index contributed by atoms with van der Waals surface area (Å²) in [6, 6.07) is 5.98. The summed E-state index contributed by atoms with van der Waals surface area (Å²) in [6.07, 6.45) is 1.32. The molecule has 0 fully saturated rings. The number of nitrogens with one attached hydrogen (secondary N) is 2. The minimum Gasteiger partial charge on any atom is -0.495 e. The number of hydrogen-bond donors (Lipinski definition) is 2. The first-order chi connectivity index (χ1) is 15.3. The van der Waals surface area contributed by atoms with E-state index >= 15 is 0 Å². The highest BCUT2D eigenvalue weighted by Gasteiger charge is 2.20. The van der Waals surface area contributed by atoms with E-state index in [1.807, 2.05) is 0 Å². The molecule has 0 aliphatic heterocycles. The molecule has 0 saturated heterocycles. The van der Waals surface area contributed by atoms with Gasteiger partial charge in [-0.2, -0.15) is 0 Å². The Bertz CT molecular complexity index is 1170. The molecule has 1 heterocycles. The topological polar surface area (TPSA) is 138 Å². The van der Waals surface area contributed by atoms with Crippen LogP contribution in [0.15, 0.2) is 30.6 Å². The van der Waals surface area contributed by atoms with Crippen LogP contribution in [-0.4, -0.2) is 48.2 Å². The van der Waals surface area contributed by atoms with Crippen molar-refractivity contribution in [1.29, 1.82) is 0 Å². The third kappa shape index (κ3) is 5.06. The number of aromatic nitrogens is 2. The van der Waals surface area contributed by atoms with Gasteiger partial charge in [-0.25, -0.2) is 9.97 Å². The molecule has 0 spiro atoms. The number of ether oxygens (including phenoxy) is 3. The number of fused-ring (bicyclic) bond motifs is 1. The number of nitro benzene ring substituents is 1. The van der Waals surface area contributed by atoms with E-state index < -0.39 is 4.92 Å². The molecule has 0 saturated carbocycles. The SMILES string of the molecule is COc1cc(Nc2ncnc3cc(OCCNC(C)=O)c([N+](=O)[O-])cc23)c(OC)cc1Cl. The predicted molar refractivity (Wildman–Crippen MR) is 118 cm³/mol. The van der Waals surface area contributed by atoms with Gasteiger partial charge in [0.25, 0.3) is 0 Å². The number of carbonyl (C=O) groups excluding carboxylic acids is 1. The Morgan fingerprint density at radius 3 is 2.53 bits per heavy atom. The number of halogens is 1. The van der Waals surface area contributed by atoms with Crippen molar-refractivity contribution >= 4 is 45.6 Å². The molecule has 0 aliphatic carbocycles. The summed E-state index contributed by atoms with van der Waals surface area (Å²) in [6.45, 7) is 1.64. The van der Waals surface area contributed by atoms with Gasteiger partial charge in [0.1, 0.15) is 30.3 Å². The average molecular weight is 462 g/mol. The molecule has 0 aliphatic rings. The number of nitrogens with zero attached hydrogens (tertiary/aromatic N) is 3. The monoisotopic (exact) mass is 461 g/mol. The normalized spacial score (nSPS) is 10.5. The number of anilines is 2. The first kappa shape index (κ1) is 22.8. The molecule has 2 N–H and O–H groups in total. The van der Waals surface area contributed by atoms with Gasteiger partial charge in [-0.05, 0) is 0 Å². The van der Waals surface area contributed by atoms with Gasteiger partial charge in [0.2, 0.25) is 5.91 Å². The molecule has 3 rings (SSSR count). The number of hydrogen-bond acceptors (Lipinski definition) is 9. The molecule has 0 unspecified atom stereocenters. The third-order valence-corrected chi connectivity index (χ3v) is 4.67. The van der Waals surface area contributed by atoms with E-state index in [0.717, 1.165) is 0 Å². The minimum atomic E-state index is -0.560. The molecule has 2 aromatic carbocycles. The summed E-state index contributed by atoms with van der Waals surface area (Å²) >= 11 is 6.15. The quantitative estimate of drug-likeness (QED) is 0.278. The Kier molecular flexibility index (Phi) is 7.11. The van der Waals surface area contributed by atoms with Crippen LogP contribution in [0.2, 0.25) is 5.02 Å². The summed E-state index contributed by atoms with van der Waals surface area (Å²) in [7, 11) is 2.96. The summed E-state index contributed by atoms with van der Waals surface area (Å²) in [5.74, 6) is 0.956. The Hall–Kier alpha value is -3.86. The number of nitro groups is 1. The molecule has 32 heavy (non-hydrogen) atoms. The molecule has 1 amide bonds. The molecular formula is C20H20ClN5O6. The van der Waals surface area contributed by atoms with Crippen LogP contribution < -0.4 is 24.8 Å². The molecular weight excluding hydrogens is 442 g/mol. The zero-order valence-electron chi connectivity index (χ0n) is 17.5. The van der Waals surface area contributed by atoms with Gasteiger partial charge in [-0.1, -0.05) is 11.6 Å². The number of carbonyl (C=O) groups is 1. The number of methoxy groups -OCH3 is 2. The Morgan fingerprint density at radius 2 is 1.88 bits per heavy atom. The molecule has 11 nitrogen and oxygen atoms in total. The van der Waals surface area contributed by atoms with Crippen molar-refractivity contribution in [2.24, 2.45) is 0 Å². The Morgan fingerprint density at radius 1 is 1.12 bits per heavy atom. The maximum absolute atomic E-state index is 11.6. The van der Waals surface area contributed by atoms with E-state index in [0.29, 0.717) is 38.9 Å². The van der Waals surface area contributed by atoms with Gasteiger partial charge in [-0.3, -0.25) is 14.9 Å². The highest BCUT2D eigenvalue weighted by atomic mass is 35.5. The molecule has 168 valence electrons. The van der Waals surface area contributed by atoms with Crippen molar-refractivity contribution in [2.45, 2.75) is 6.92 Å². The van der Waals surface area contributed by atoms with Gasteiger partial charge in [0.05, 0.1) is 47.3 Å². The zero-order chi connectivity index (χ0) is 23.3. The molecule has 0 bridgehead atoms. The van der Waals surface area contributed by atoms with Crippen LogP contribution in [0, 0.1) is 10.1 Å². The molecule has 12 heteroatoms. The molecule has 0 atom stereocenters. The second-order valence-electron chi connectivity index (χ2n) is 6.46. The predicted octanol–water partition coefficient (Wildman–Crippen LogP) is 3.47. The Balaban J connectivity index is 2.00. The second kappa shape index (κ2) is 9.96. The van der Waals surface area contributed by atoms with E-state index in [4.69, 9.17) is 25.8 Å². The number of benzene rings is 2. The van der Waals surface area contributed by atoms with Crippen molar-refractivity contribution in [1.82, 2.24) is 15.3 Å². The minimum absolute atomic E-state index is 0.0308. The molecule has 0 radical (unpaired) electrons. The lowest BCUT2D eigenvalue weighted by Crippen LogP contribution is -2.25. The van der Waals surface area contributed by atoms with Crippen LogP contribution in [0.5, 0.6) is 17.2 Å². The highest BCUT2D eigenvalue weighted by Crippen LogP contribution is 2.39. The smallest absolute Gasteiger partial charge is 0.311 e. The summed E-state index contributed by atoms with van der Waals surface area (Å²) < 4.78 is 16.1. The van der Waals surface area contributed by atoms with E-state index in [1.165, 1.54) is 39.6 Å². The maximum atomic E-state index is 11.6. The molecule has 1 aromatic heterocycles.